The van der Waals surface area contributed by atoms with E-state index in [0.29, 0.717) is 0 Å². The number of rotatable bonds is 6. The lowest BCUT2D eigenvalue weighted by Gasteiger charge is -2.21. The Morgan fingerprint density at radius 2 is 1.71 bits per heavy atom. The fourth-order valence-corrected chi connectivity index (χ4v) is 2.66. The zero-order valence-corrected chi connectivity index (χ0v) is 16.2. The number of amides is 1. The number of carbonyl (C=O) groups is 1. The first-order chi connectivity index (χ1) is 11.4. The van der Waals surface area contributed by atoms with Gasteiger partial charge in [0.25, 0.3) is 5.91 Å². The van der Waals surface area contributed by atoms with Crippen molar-refractivity contribution in [3.63, 3.8) is 0 Å². The summed E-state index contributed by atoms with van der Waals surface area (Å²) < 4.78 is 0.998. The standard InChI is InChI=1S/C19H24BrN3O/c1-14(19(24)21-17-9-7-16(20)8-10-17)23(4)13-15-5-11-18(12-6-15)22(2)3/h5-12,14H,13H2,1-4H3,(H,21,24)/p+1/t14-/m0/s1. The first kappa shape index (κ1) is 18.5. The van der Waals surface area contributed by atoms with Gasteiger partial charge in [0, 0.05) is 35.5 Å². The number of nitrogens with one attached hydrogen (secondary N) is 2. The van der Waals surface area contributed by atoms with E-state index in [-0.39, 0.29) is 11.9 Å². The van der Waals surface area contributed by atoms with E-state index in [1.807, 2.05) is 52.3 Å². The molecule has 2 atom stereocenters. The fourth-order valence-electron chi connectivity index (χ4n) is 2.39. The Balaban J connectivity index is 1.94. The van der Waals surface area contributed by atoms with E-state index in [4.69, 9.17) is 0 Å². The van der Waals surface area contributed by atoms with Crippen LogP contribution >= 0.6 is 15.9 Å². The van der Waals surface area contributed by atoms with Crippen molar-refractivity contribution in [2.24, 2.45) is 0 Å². The summed E-state index contributed by atoms with van der Waals surface area (Å²) >= 11 is 3.39. The summed E-state index contributed by atoms with van der Waals surface area (Å²) in [5.74, 6) is 0.0275. The molecule has 128 valence electrons. The summed E-state index contributed by atoms with van der Waals surface area (Å²) in [5.41, 5.74) is 3.22. The Morgan fingerprint density at radius 1 is 1.12 bits per heavy atom. The second kappa shape index (κ2) is 8.31. The van der Waals surface area contributed by atoms with Gasteiger partial charge in [-0.25, -0.2) is 0 Å². The number of quaternary nitrogens is 1. The number of halogens is 1. The van der Waals surface area contributed by atoms with Gasteiger partial charge in [0.1, 0.15) is 6.54 Å². The van der Waals surface area contributed by atoms with E-state index in [9.17, 15) is 4.79 Å². The average Bonchev–Trinajstić information content (AvgIpc) is 2.56. The van der Waals surface area contributed by atoms with E-state index < -0.39 is 0 Å². The van der Waals surface area contributed by atoms with Crippen LogP contribution in [0.5, 0.6) is 0 Å². The third kappa shape index (κ3) is 5.08. The fraction of sp³-hybridized carbons (Fsp3) is 0.316. The topological polar surface area (TPSA) is 36.8 Å². The Morgan fingerprint density at radius 3 is 2.25 bits per heavy atom. The van der Waals surface area contributed by atoms with E-state index >= 15 is 0 Å². The molecule has 5 heteroatoms. The molecule has 1 amide bonds. The molecule has 0 radical (unpaired) electrons. The highest BCUT2D eigenvalue weighted by molar-refractivity contribution is 9.10. The van der Waals surface area contributed by atoms with Crippen LogP contribution < -0.4 is 15.1 Å². The van der Waals surface area contributed by atoms with Crippen LogP contribution in [0.25, 0.3) is 0 Å². The van der Waals surface area contributed by atoms with Gasteiger partial charge < -0.3 is 15.1 Å². The predicted octanol–water partition coefficient (Wildman–Crippen LogP) is 2.56. The molecule has 0 saturated carbocycles. The largest absolute Gasteiger partial charge is 0.378 e. The van der Waals surface area contributed by atoms with Crippen LogP contribution in [-0.2, 0) is 11.3 Å². The number of likely N-dealkylation sites (N-methyl/N-ethyl adjacent to an activating group) is 1. The zero-order chi connectivity index (χ0) is 17.7. The molecule has 0 aliphatic heterocycles. The average molecular weight is 391 g/mol. The lowest BCUT2D eigenvalue weighted by atomic mass is 10.1. The second-order valence-electron chi connectivity index (χ2n) is 6.30. The highest BCUT2D eigenvalue weighted by Gasteiger charge is 2.22. The van der Waals surface area contributed by atoms with Gasteiger partial charge in [0.05, 0.1) is 7.05 Å². The van der Waals surface area contributed by atoms with Crippen LogP contribution in [0.3, 0.4) is 0 Å². The molecule has 2 rings (SSSR count). The van der Waals surface area contributed by atoms with Crippen molar-refractivity contribution in [3.8, 4) is 0 Å². The minimum Gasteiger partial charge on any atom is -0.378 e. The van der Waals surface area contributed by atoms with Gasteiger partial charge in [-0.2, -0.15) is 0 Å². The van der Waals surface area contributed by atoms with Gasteiger partial charge in [-0.15, -0.1) is 0 Å². The van der Waals surface area contributed by atoms with Gasteiger partial charge in [-0.1, -0.05) is 28.1 Å². The molecule has 2 N–H and O–H groups in total. The number of hydrogen-bond acceptors (Lipinski definition) is 2. The van der Waals surface area contributed by atoms with Crippen LogP contribution in [0.1, 0.15) is 12.5 Å². The summed E-state index contributed by atoms with van der Waals surface area (Å²) in [6.07, 6.45) is 0. The molecule has 2 aromatic rings. The first-order valence-corrected chi connectivity index (χ1v) is 8.81. The molecule has 0 spiro atoms. The van der Waals surface area contributed by atoms with Crippen molar-refractivity contribution in [3.05, 3.63) is 58.6 Å². The number of anilines is 2. The number of hydrogen-bond donors (Lipinski definition) is 2. The molecule has 1 unspecified atom stereocenters. The second-order valence-corrected chi connectivity index (χ2v) is 7.22. The summed E-state index contributed by atoms with van der Waals surface area (Å²) in [5, 5.41) is 2.97. The van der Waals surface area contributed by atoms with Crippen molar-refractivity contribution in [2.75, 3.05) is 31.4 Å². The maximum atomic E-state index is 12.4. The third-order valence-corrected chi connectivity index (χ3v) is 4.71. The van der Waals surface area contributed by atoms with Crippen molar-refractivity contribution < 1.29 is 9.69 Å². The lowest BCUT2D eigenvalue weighted by Crippen LogP contribution is -3.12. The highest BCUT2D eigenvalue weighted by Crippen LogP contribution is 2.14. The molecule has 0 fully saturated rings. The van der Waals surface area contributed by atoms with Gasteiger partial charge >= 0.3 is 0 Å². The van der Waals surface area contributed by atoms with Crippen molar-refractivity contribution in [1.82, 2.24) is 0 Å². The van der Waals surface area contributed by atoms with Gasteiger partial charge in [-0.3, -0.25) is 4.79 Å². The van der Waals surface area contributed by atoms with E-state index in [2.05, 4.69) is 50.4 Å². The van der Waals surface area contributed by atoms with Crippen molar-refractivity contribution in [2.45, 2.75) is 19.5 Å². The van der Waals surface area contributed by atoms with Crippen LogP contribution in [0.15, 0.2) is 53.0 Å². The maximum absolute atomic E-state index is 12.4. The molecule has 0 saturated heterocycles. The number of benzene rings is 2. The lowest BCUT2D eigenvalue weighted by molar-refractivity contribution is -0.907. The van der Waals surface area contributed by atoms with Crippen LogP contribution in [0.4, 0.5) is 11.4 Å². The molecular weight excluding hydrogens is 366 g/mol. The minimum atomic E-state index is -0.137. The number of nitrogens with zero attached hydrogens (tertiary/aromatic N) is 1. The van der Waals surface area contributed by atoms with Crippen LogP contribution in [0.2, 0.25) is 0 Å². The van der Waals surface area contributed by atoms with Gasteiger partial charge in [0.15, 0.2) is 6.04 Å². The van der Waals surface area contributed by atoms with Crippen molar-refractivity contribution >= 4 is 33.2 Å². The smallest absolute Gasteiger partial charge is 0.282 e. The van der Waals surface area contributed by atoms with Gasteiger partial charge in [0.2, 0.25) is 0 Å². The minimum absolute atomic E-state index is 0.0275. The van der Waals surface area contributed by atoms with E-state index in [1.54, 1.807) is 0 Å². The number of carbonyl (C=O) groups excluding carboxylic acids is 1. The summed E-state index contributed by atoms with van der Waals surface area (Å²) in [7, 11) is 6.10. The summed E-state index contributed by atoms with van der Waals surface area (Å²) in [6.45, 7) is 2.76. The van der Waals surface area contributed by atoms with E-state index in [1.165, 1.54) is 11.3 Å². The Labute approximate surface area is 152 Å². The molecule has 0 aliphatic carbocycles. The quantitative estimate of drug-likeness (QED) is 0.794. The molecule has 0 heterocycles. The molecule has 2 aromatic carbocycles. The monoisotopic (exact) mass is 390 g/mol. The summed E-state index contributed by atoms with van der Waals surface area (Å²) in [4.78, 5) is 15.7. The zero-order valence-electron chi connectivity index (χ0n) is 14.6. The normalized spacial score (nSPS) is 13.2. The SMILES string of the molecule is C[C@@H](C(=O)Nc1ccc(Br)cc1)[NH+](C)Cc1ccc(N(C)C)cc1. The van der Waals surface area contributed by atoms with Crippen LogP contribution in [-0.4, -0.2) is 33.1 Å². The molecule has 0 bridgehead atoms. The third-order valence-electron chi connectivity index (χ3n) is 4.18. The molecule has 4 nitrogen and oxygen atoms in total. The molecule has 0 aromatic heterocycles. The molecule has 24 heavy (non-hydrogen) atoms. The maximum Gasteiger partial charge on any atom is 0.282 e. The first-order valence-electron chi connectivity index (χ1n) is 8.02. The van der Waals surface area contributed by atoms with Crippen molar-refractivity contribution in [1.29, 1.82) is 0 Å². The van der Waals surface area contributed by atoms with Gasteiger partial charge in [-0.05, 0) is 43.3 Å². The molecule has 0 aliphatic rings. The van der Waals surface area contributed by atoms with Crippen LogP contribution in [0, 0.1) is 0 Å². The highest BCUT2D eigenvalue weighted by atomic mass is 79.9. The molecular formula is C19H25BrN3O+. The predicted molar refractivity (Wildman–Crippen MR) is 104 cm³/mol. The van der Waals surface area contributed by atoms with E-state index in [0.717, 1.165) is 21.6 Å². The Hall–Kier alpha value is -1.85. The Bertz CT molecular complexity index is 668. The Kier molecular flexibility index (Phi) is 6.40. The summed E-state index contributed by atoms with van der Waals surface area (Å²) in [6, 6.07) is 15.9.